The number of phosphoric acid groups is 3. The Labute approximate surface area is 471 Å². The number of carbonyl (C=O) groups excluding carboxylic acids is 2. The van der Waals surface area contributed by atoms with Crippen LogP contribution in [-0.2, 0) is 41.1 Å². The number of urea groups is 1. The van der Waals surface area contributed by atoms with Gasteiger partial charge in [-0.25, -0.2) is 28.1 Å². The maximum absolute atomic E-state index is 13.5. The number of benzene rings is 3. The maximum Gasteiger partial charge on any atom is 0.490 e. The molecular weight excluding hydrogens is 1160 g/mol. The van der Waals surface area contributed by atoms with Crippen LogP contribution in [0, 0.1) is 25.8 Å². The van der Waals surface area contributed by atoms with Crippen LogP contribution in [0.1, 0.15) is 90.1 Å². The smallest absolute Gasteiger partial charge is 0.478 e. The molecule has 1 aromatic heterocycles. The van der Waals surface area contributed by atoms with Gasteiger partial charge in [-0.15, -0.1) is 0 Å². The number of hydrogen-bond donors (Lipinski definition) is 10. The Bertz CT molecular complexity index is 3470. The summed E-state index contributed by atoms with van der Waals surface area (Å²) < 4.78 is 71.4. The van der Waals surface area contributed by atoms with Gasteiger partial charge >= 0.3 is 41.2 Å². The highest BCUT2D eigenvalue weighted by Gasteiger charge is 2.43. The Morgan fingerprint density at radius 1 is 0.914 bits per heavy atom. The minimum Gasteiger partial charge on any atom is -0.478 e. The molecule has 0 radical (unpaired) electrons. The first-order valence-corrected chi connectivity index (χ1v) is 32.1. The van der Waals surface area contributed by atoms with Crippen molar-refractivity contribution < 1.29 is 84.5 Å². The van der Waals surface area contributed by atoms with Gasteiger partial charge in [0.25, 0.3) is 11.5 Å². The summed E-state index contributed by atoms with van der Waals surface area (Å²) in [5.41, 5.74) is 3.25. The molecule has 10 N–H and O–H groups in total. The molecule has 440 valence electrons. The Morgan fingerprint density at radius 3 is 2.41 bits per heavy atom. The molecule has 3 aromatic rings. The van der Waals surface area contributed by atoms with Crippen LogP contribution in [0.3, 0.4) is 0 Å². The predicted molar refractivity (Wildman–Crippen MR) is 301 cm³/mol. The number of carbonyl (C=O) groups is 3. The number of anilines is 1. The van der Waals surface area contributed by atoms with Gasteiger partial charge in [-0.05, 0) is 107 Å². The third-order valence-electron chi connectivity index (χ3n) is 11.8. The van der Waals surface area contributed by atoms with Crippen molar-refractivity contribution in [2.45, 2.75) is 78.7 Å². The quantitative estimate of drug-likeness (QED) is 0.00498. The second-order valence-corrected chi connectivity index (χ2v) is 24.7. The number of nitrogens with zero attached hydrogens (tertiary/aromatic N) is 2. The molecule has 1 fully saturated rings. The molecule has 27 nitrogen and oxygen atoms in total. The number of carboxylic acid groups (broad SMARTS) is 1. The van der Waals surface area contributed by atoms with E-state index in [-0.39, 0.29) is 30.1 Å². The first-order valence-electron chi connectivity index (χ1n) is 25.1. The highest BCUT2D eigenvalue weighted by Crippen LogP contribution is 2.66. The number of rotatable bonds is 28. The van der Waals surface area contributed by atoms with Crippen molar-refractivity contribution in [3.05, 3.63) is 103 Å². The number of fused-ring (bicyclic) bond motifs is 2. The van der Waals surface area contributed by atoms with Crippen LogP contribution in [0.2, 0.25) is 0 Å². The molecule has 32 heteroatoms. The van der Waals surface area contributed by atoms with Crippen LogP contribution in [0.15, 0.2) is 67.7 Å². The number of aryl methyl sites for hydroxylation is 2. The molecule has 2 aromatic carbocycles. The number of hydrogen-bond acceptors (Lipinski definition) is 19. The molecule has 3 heterocycles. The monoisotopic (exact) mass is 1230 g/mol. The minimum atomic E-state index is -5.78. The molecule has 3 unspecified atom stereocenters. The molecule has 3 aliphatic rings. The molecule has 0 spiro atoms. The third kappa shape index (κ3) is 18.7. The van der Waals surface area contributed by atoms with Gasteiger partial charge in [0.1, 0.15) is 35.2 Å². The Kier molecular flexibility index (Phi) is 23.6. The standard InChI is InChI=1S/C49H62N7O20P3S2/c1-6-50-37-23-39-35(20-29(37)4)44(36-21-30(5)38(51-7-2)24-40(36)73-39)34-22-31(12-13-33(34)47(59)60)45(57)52-17-19-80-81-28-70-18-11-9-10-15-53-48(61)54-16-14-32-26-56(49(62)55-46(32)58)43-25-41(71-8-3)42(74-43)27-72-78(66,67)76-79(68,69)75-77(63,64)65/h12-13,20-24,26,41-43,50H,6-11,15,17-19,25,27-28H2,1-5H3,(H,52,57)(H,59,60)(H,66,67)(H,68,69)(H2,53,54,61)(H,55,58,62)(H2,63,64,65)/t41?,42-,43-/m1/s1. The van der Waals surface area contributed by atoms with Crippen LogP contribution < -0.4 is 37.9 Å². The Balaban J connectivity index is 0.905. The van der Waals surface area contributed by atoms with Gasteiger partial charge in [-0.3, -0.25) is 34.0 Å². The summed E-state index contributed by atoms with van der Waals surface area (Å²) in [6.07, 6.45) is -0.261. The van der Waals surface area contributed by atoms with E-state index in [9.17, 15) is 52.6 Å². The summed E-state index contributed by atoms with van der Waals surface area (Å²) in [5.74, 6) is 2.46. The average molecular weight is 1230 g/mol. The van der Waals surface area contributed by atoms with Crippen molar-refractivity contribution in [2.75, 3.05) is 63.0 Å². The number of carboxylic acids is 1. The lowest BCUT2D eigenvalue weighted by atomic mass is 9.88. The van der Waals surface area contributed by atoms with Crippen molar-refractivity contribution in [2.24, 2.45) is 4.99 Å². The number of unbranched alkanes of at least 4 members (excludes halogenated alkanes) is 2. The lowest BCUT2D eigenvalue weighted by Crippen LogP contribution is -2.34. The lowest BCUT2D eigenvalue weighted by Gasteiger charge is -2.21. The van der Waals surface area contributed by atoms with Gasteiger partial charge in [0.2, 0.25) is 0 Å². The summed E-state index contributed by atoms with van der Waals surface area (Å²) >= 11 is 0. The number of nitrogens with one attached hydrogen (secondary N) is 5. The van der Waals surface area contributed by atoms with Gasteiger partial charge in [0.15, 0.2) is 0 Å². The molecule has 1 saturated heterocycles. The summed E-state index contributed by atoms with van der Waals surface area (Å²) in [7, 11) is -13.9. The number of ether oxygens (including phenoxy) is 3. The second-order valence-electron chi connectivity index (χ2n) is 17.7. The number of aromatic carboxylic acids is 1. The van der Waals surface area contributed by atoms with E-state index in [4.69, 9.17) is 28.4 Å². The fourth-order valence-electron chi connectivity index (χ4n) is 8.35. The van der Waals surface area contributed by atoms with Crippen LogP contribution >= 0.6 is 45.1 Å². The van der Waals surface area contributed by atoms with Crippen LogP contribution in [0.4, 0.5) is 10.5 Å². The molecule has 6 rings (SSSR count). The van der Waals surface area contributed by atoms with Gasteiger partial charge in [0, 0.05) is 104 Å². The SMILES string of the molecule is CCN=c1cc2oc3cc(NCC)c(C)cc3c(-c3cc(C(=O)NCCSSCOCCCCCNC(=O)NC#Cc4cn([C@H]5CC(OCC)[C@@H](COP(=O)(O)OP(=O)(O)OP(=O)(O)O)O5)c(=O)[nH]c4=O)ccc3C(=O)O)c-2cc1C. The molecule has 1 aliphatic carbocycles. The summed E-state index contributed by atoms with van der Waals surface area (Å²) in [5, 5.41) is 23.1. The number of aromatic nitrogens is 2. The van der Waals surface area contributed by atoms with E-state index in [1.807, 2.05) is 52.0 Å². The van der Waals surface area contributed by atoms with Gasteiger partial charge in [-0.1, -0.05) is 21.6 Å². The lowest BCUT2D eigenvalue weighted by molar-refractivity contribution is -0.0592. The normalized spacial score (nSPS) is 17.0. The first kappa shape index (κ1) is 64.5. The predicted octanol–water partition coefficient (Wildman–Crippen LogP) is 6.32. The molecule has 3 amide bonds. The van der Waals surface area contributed by atoms with Crippen LogP contribution in [-0.4, -0.2) is 122 Å². The van der Waals surface area contributed by atoms with Crippen LogP contribution in [0.5, 0.6) is 0 Å². The molecule has 0 saturated carbocycles. The zero-order valence-electron chi connectivity index (χ0n) is 44.5. The Morgan fingerprint density at radius 2 is 1.69 bits per heavy atom. The Hall–Kier alpha value is -5.63. The van der Waals surface area contributed by atoms with E-state index in [1.54, 1.807) is 13.0 Å². The maximum atomic E-state index is 13.5. The van der Waals surface area contributed by atoms with E-state index >= 15 is 0 Å². The average Bonchev–Trinajstić information content (AvgIpc) is 2.97. The second kappa shape index (κ2) is 29.6. The van der Waals surface area contributed by atoms with Crippen LogP contribution in [0.25, 0.3) is 33.4 Å². The van der Waals surface area contributed by atoms with E-state index in [2.05, 4.69) is 56.4 Å². The van der Waals surface area contributed by atoms with Crippen molar-refractivity contribution in [3.63, 3.8) is 0 Å². The molecule has 2 aliphatic heterocycles. The topological polar surface area (TPSA) is 387 Å². The summed E-state index contributed by atoms with van der Waals surface area (Å²) in [6, 6.07) is 14.0. The highest BCUT2D eigenvalue weighted by molar-refractivity contribution is 8.76. The van der Waals surface area contributed by atoms with E-state index < -0.39 is 71.8 Å². The van der Waals surface area contributed by atoms with Crippen molar-refractivity contribution in [1.82, 2.24) is 25.5 Å². The number of aromatic amines is 1. The minimum absolute atomic E-state index is 0.0379. The van der Waals surface area contributed by atoms with Crippen molar-refractivity contribution in [1.29, 1.82) is 0 Å². The van der Waals surface area contributed by atoms with E-state index in [0.29, 0.717) is 96.3 Å². The zero-order valence-corrected chi connectivity index (χ0v) is 48.8. The van der Waals surface area contributed by atoms with Crippen molar-refractivity contribution in [3.8, 4) is 34.4 Å². The van der Waals surface area contributed by atoms with E-state index in [0.717, 1.165) is 39.4 Å². The third-order valence-corrected chi connectivity index (χ3v) is 17.7. The highest BCUT2D eigenvalue weighted by atomic mass is 33.1. The van der Waals surface area contributed by atoms with Gasteiger partial charge in [0.05, 0.1) is 23.6 Å². The van der Waals surface area contributed by atoms with E-state index in [1.165, 1.54) is 33.7 Å². The fraction of sp³-hybridized carbons (Fsp3) is 0.429. The summed E-state index contributed by atoms with van der Waals surface area (Å²) in [4.78, 5) is 107. The molecule has 5 atom stereocenters. The molecule has 0 bridgehead atoms. The number of H-pyrrole nitrogens is 1. The number of amides is 3. The largest absolute Gasteiger partial charge is 0.490 e. The van der Waals surface area contributed by atoms with Gasteiger partial charge in [-0.2, -0.15) is 8.62 Å². The summed E-state index contributed by atoms with van der Waals surface area (Å²) in [6.45, 7) is 11.1. The zero-order chi connectivity index (χ0) is 59.1. The first-order chi connectivity index (χ1) is 38.4. The number of phosphoric ester groups is 1. The molecule has 81 heavy (non-hydrogen) atoms. The molecular formula is C49H62N7O20P3S2. The van der Waals surface area contributed by atoms with Gasteiger partial charge < -0.3 is 59.3 Å². The fourth-order valence-corrected chi connectivity index (χ4v) is 12.9. The van der Waals surface area contributed by atoms with Crippen molar-refractivity contribution >= 4 is 79.6 Å².